The van der Waals surface area contributed by atoms with E-state index in [9.17, 15) is 4.79 Å². The average Bonchev–Trinajstić information content (AvgIpc) is 3.45. The first kappa shape index (κ1) is 15.7. The lowest BCUT2D eigenvalue weighted by Gasteiger charge is -2.37. The van der Waals surface area contributed by atoms with Gasteiger partial charge in [-0.3, -0.25) is 4.90 Å². The van der Waals surface area contributed by atoms with Crippen molar-refractivity contribution in [2.75, 3.05) is 4.90 Å². The van der Waals surface area contributed by atoms with Crippen LogP contribution in [0.1, 0.15) is 30.4 Å². The molecular weight excluding hydrogens is 366 g/mol. The number of anilines is 1. The molecule has 3 nitrogen and oxygen atoms in total. The number of fused-ring (bicyclic) bond motifs is 1. The van der Waals surface area contributed by atoms with Crippen molar-refractivity contribution < 1.29 is 9.53 Å². The monoisotopic (exact) mass is 385 g/mol. The molecule has 0 radical (unpaired) electrons. The van der Waals surface area contributed by atoms with Gasteiger partial charge >= 0.3 is 6.09 Å². The number of amides is 1. The predicted molar refractivity (Wildman–Crippen MR) is 98.1 cm³/mol. The van der Waals surface area contributed by atoms with Crippen LogP contribution < -0.4 is 4.90 Å². The van der Waals surface area contributed by atoms with Gasteiger partial charge < -0.3 is 4.74 Å². The van der Waals surface area contributed by atoms with Crippen LogP contribution >= 0.6 is 15.9 Å². The smallest absolute Gasteiger partial charge is 0.414 e. The Hall–Kier alpha value is -1.81. The van der Waals surface area contributed by atoms with E-state index in [-0.39, 0.29) is 12.1 Å². The number of hydrogen-bond donors (Lipinski definition) is 0. The maximum Gasteiger partial charge on any atom is 0.414 e. The molecule has 2 aliphatic rings. The summed E-state index contributed by atoms with van der Waals surface area (Å²) in [6.45, 7) is 0.316. The third-order valence-corrected chi connectivity index (χ3v) is 5.69. The molecule has 1 aliphatic carbocycles. The molecule has 1 amide bonds. The third-order valence-electron chi connectivity index (χ3n) is 4.94. The fraction of sp³-hybridized carbons (Fsp3) is 0.350. The number of ether oxygens (including phenoxy) is 1. The number of benzene rings is 2. The van der Waals surface area contributed by atoms with Crippen molar-refractivity contribution in [1.29, 1.82) is 0 Å². The summed E-state index contributed by atoms with van der Waals surface area (Å²) in [5.74, 6) is 0.626. The van der Waals surface area contributed by atoms with E-state index in [1.807, 2.05) is 53.4 Å². The van der Waals surface area contributed by atoms with Gasteiger partial charge in [0.1, 0.15) is 6.61 Å². The summed E-state index contributed by atoms with van der Waals surface area (Å²) in [5, 5.41) is 0. The van der Waals surface area contributed by atoms with Crippen LogP contribution in [0.5, 0.6) is 0 Å². The van der Waals surface area contributed by atoms with Crippen molar-refractivity contribution in [1.82, 2.24) is 0 Å². The maximum absolute atomic E-state index is 12.9. The number of carbonyl (C=O) groups is 1. The lowest BCUT2D eigenvalue weighted by Crippen LogP contribution is -2.45. The van der Waals surface area contributed by atoms with Gasteiger partial charge in [-0.1, -0.05) is 52.3 Å². The van der Waals surface area contributed by atoms with Gasteiger partial charge in [0, 0.05) is 10.5 Å². The summed E-state index contributed by atoms with van der Waals surface area (Å²) in [6, 6.07) is 16.2. The van der Waals surface area contributed by atoms with Crippen LogP contribution in [0.4, 0.5) is 10.5 Å². The summed E-state index contributed by atoms with van der Waals surface area (Å²) >= 11 is 3.63. The standard InChI is InChI=1S/C20H20BrNO2/c21-17-7-4-8-19-16(17)11-12-18(15-9-10-15)22(19)20(23)24-13-14-5-2-1-3-6-14/h1-8,15,18H,9-13H2. The highest BCUT2D eigenvalue weighted by Crippen LogP contribution is 2.44. The first-order valence-corrected chi connectivity index (χ1v) is 9.30. The second kappa shape index (κ2) is 6.60. The van der Waals surface area contributed by atoms with Crippen molar-refractivity contribution in [3.63, 3.8) is 0 Å². The van der Waals surface area contributed by atoms with Gasteiger partial charge in [-0.2, -0.15) is 0 Å². The van der Waals surface area contributed by atoms with Gasteiger partial charge in [-0.05, 0) is 54.9 Å². The van der Waals surface area contributed by atoms with Gasteiger partial charge in [-0.15, -0.1) is 0 Å². The highest BCUT2D eigenvalue weighted by molar-refractivity contribution is 9.10. The van der Waals surface area contributed by atoms with Gasteiger partial charge in [0.15, 0.2) is 0 Å². The van der Waals surface area contributed by atoms with E-state index in [0.29, 0.717) is 12.5 Å². The normalized spacial score (nSPS) is 19.7. The minimum Gasteiger partial charge on any atom is -0.444 e. The molecular formula is C20H20BrNO2. The Balaban J connectivity index is 1.58. The average molecular weight is 386 g/mol. The van der Waals surface area contributed by atoms with Crippen LogP contribution in [0.2, 0.25) is 0 Å². The third kappa shape index (κ3) is 3.07. The Kier molecular flexibility index (Phi) is 4.31. The van der Waals surface area contributed by atoms with Crippen molar-refractivity contribution in [3.8, 4) is 0 Å². The molecule has 1 aliphatic heterocycles. The molecule has 1 unspecified atom stereocenters. The number of rotatable bonds is 3. The number of nitrogens with zero attached hydrogens (tertiary/aromatic N) is 1. The summed E-state index contributed by atoms with van der Waals surface area (Å²) in [6.07, 6.45) is 4.24. The molecule has 4 rings (SSSR count). The SMILES string of the molecule is O=C(OCc1ccccc1)N1c2cccc(Br)c2CCC1C1CC1. The minimum absolute atomic E-state index is 0.227. The van der Waals surface area contributed by atoms with Crippen molar-refractivity contribution in [2.45, 2.75) is 38.3 Å². The second-order valence-corrected chi connectivity index (χ2v) is 7.45. The largest absolute Gasteiger partial charge is 0.444 e. The topological polar surface area (TPSA) is 29.5 Å². The quantitative estimate of drug-likeness (QED) is 0.715. The molecule has 2 aromatic rings. The van der Waals surface area contributed by atoms with E-state index in [1.54, 1.807) is 0 Å². The highest BCUT2D eigenvalue weighted by atomic mass is 79.9. The van der Waals surface area contributed by atoms with Crippen LogP contribution in [0, 0.1) is 5.92 Å². The molecule has 1 heterocycles. The number of halogens is 1. The zero-order valence-electron chi connectivity index (χ0n) is 13.5. The summed E-state index contributed by atoms with van der Waals surface area (Å²) in [4.78, 5) is 14.8. The molecule has 2 aromatic carbocycles. The first-order valence-electron chi connectivity index (χ1n) is 8.51. The van der Waals surface area contributed by atoms with Gasteiger partial charge in [0.05, 0.1) is 5.69 Å². The lowest BCUT2D eigenvalue weighted by atomic mass is 9.93. The molecule has 0 aromatic heterocycles. The van der Waals surface area contributed by atoms with Crippen molar-refractivity contribution in [2.24, 2.45) is 5.92 Å². The first-order chi connectivity index (χ1) is 11.7. The van der Waals surface area contributed by atoms with Gasteiger partial charge in [-0.25, -0.2) is 4.79 Å². The van der Waals surface area contributed by atoms with Crippen LogP contribution in [-0.4, -0.2) is 12.1 Å². The van der Waals surface area contributed by atoms with Crippen LogP contribution in [0.3, 0.4) is 0 Å². The number of hydrogen-bond acceptors (Lipinski definition) is 2. The maximum atomic E-state index is 12.9. The van der Waals surface area contributed by atoms with E-state index in [4.69, 9.17) is 4.74 Å². The van der Waals surface area contributed by atoms with E-state index in [0.717, 1.165) is 28.6 Å². The van der Waals surface area contributed by atoms with Gasteiger partial charge in [0.25, 0.3) is 0 Å². The fourth-order valence-corrected chi connectivity index (χ4v) is 4.12. The highest BCUT2D eigenvalue weighted by Gasteiger charge is 2.41. The van der Waals surface area contributed by atoms with Crippen molar-refractivity contribution >= 4 is 27.7 Å². The van der Waals surface area contributed by atoms with E-state index in [2.05, 4.69) is 15.9 Å². The second-order valence-electron chi connectivity index (χ2n) is 6.59. The van der Waals surface area contributed by atoms with Gasteiger partial charge in [0.2, 0.25) is 0 Å². The van der Waals surface area contributed by atoms with Crippen LogP contribution in [-0.2, 0) is 17.8 Å². The van der Waals surface area contributed by atoms with Crippen molar-refractivity contribution in [3.05, 3.63) is 64.1 Å². The fourth-order valence-electron chi connectivity index (χ4n) is 3.57. The molecule has 4 heteroatoms. The molecule has 124 valence electrons. The molecule has 0 saturated heterocycles. The summed E-state index contributed by atoms with van der Waals surface area (Å²) in [7, 11) is 0. The number of carbonyl (C=O) groups excluding carboxylic acids is 1. The zero-order chi connectivity index (χ0) is 16.5. The molecule has 1 fully saturated rings. The Morgan fingerprint density at radius 1 is 1.08 bits per heavy atom. The Morgan fingerprint density at radius 3 is 2.62 bits per heavy atom. The molecule has 0 bridgehead atoms. The molecule has 1 saturated carbocycles. The Bertz CT molecular complexity index is 743. The van der Waals surface area contributed by atoms with E-state index >= 15 is 0 Å². The zero-order valence-corrected chi connectivity index (χ0v) is 15.0. The van der Waals surface area contributed by atoms with Crippen LogP contribution in [0.15, 0.2) is 53.0 Å². The molecule has 0 spiro atoms. The minimum atomic E-state index is -0.227. The van der Waals surface area contributed by atoms with E-state index in [1.165, 1.54) is 18.4 Å². The molecule has 24 heavy (non-hydrogen) atoms. The lowest BCUT2D eigenvalue weighted by molar-refractivity contribution is 0.142. The predicted octanol–water partition coefficient (Wildman–Crippen LogP) is 5.32. The molecule has 1 atom stereocenters. The summed E-state index contributed by atoms with van der Waals surface area (Å²) < 4.78 is 6.72. The summed E-state index contributed by atoms with van der Waals surface area (Å²) in [5.41, 5.74) is 3.23. The molecule has 0 N–H and O–H groups in total. The Labute approximate surface area is 150 Å². The Morgan fingerprint density at radius 2 is 1.88 bits per heavy atom. The van der Waals surface area contributed by atoms with Crippen LogP contribution in [0.25, 0.3) is 0 Å². The van der Waals surface area contributed by atoms with E-state index < -0.39 is 0 Å².